The van der Waals surface area contributed by atoms with E-state index < -0.39 is 6.10 Å². The molecule has 5 aromatic carbocycles. The molecule has 0 unspecified atom stereocenters. The molecule has 2 bridgehead atoms. The molecule has 3 fully saturated rings. The zero-order valence-corrected chi connectivity index (χ0v) is 21.3. The monoisotopic (exact) mass is 484 g/mol. The first-order chi connectivity index (χ1) is 18.2. The summed E-state index contributed by atoms with van der Waals surface area (Å²) in [5.74, 6) is 1.11. The Morgan fingerprint density at radius 3 is 2.14 bits per heavy atom. The second-order valence-electron chi connectivity index (χ2n) is 11.3. The lowest BCUT2D eigenvalue weighted by molar-refractivity contribution is -0.984. The van der Waals surface area contributed by atoms with Crippen LogP contribution in [0.4, 0.5) is 0 Å². The number of aliphatic hydroxyl groups is 1. The van der Waals surface area contributed by atoms with E-state index in [2.05, 4.69) is 110 Å². The summed E-state index contributed by atoms with van der Waals surface area (Å²) in [7, 11) is 0. The molecular formula is C35H34NO+. The lowest BCUT2D eigenvalue weighted by Gasteiger charge is -2.58. The molecule has 3 aliphatic heterocycles. The van der Waals surface area contributed by atoms with Crippen molar-refractivity contribution in [1.29, 1.82) is 0 Å². The predicted octanol–water partition coefficient (Wildman–Crippen LogP) is 7.79. The fourth-order valence-corrected chi connectivity index (χ4v) is 7.69. The van der Waals surface area contributed by atoms with Crippen LogP contribution < -0.4 is 0 Å². The van der Waals surface area contributed by atoms with Gasteiger partial charge in [0.1, 0.15) is 18.7 Å². The number of rotatable bonds is 5. The zero-order valence-electron chi connectivity index (χ0n) is 21.3. The number of nitrogens with zero attached hydrogens (tertiary/aromatic N) is 1. The lowest BCUT2D eigenvalue weighted by Crippen LogP contribution is -2.67. The number of fused-ring (bicyclic) bond motifs is 6. The van der Waals surface area contributed by atoms with Crippen LogP contribution in [0.25, 0.3) is 32.3 Å². The highest BCUT2D eigenvalue weighted by molar-refractivity contribution is 6.02. The maximum absolute atomic E-state index is 12.2. The molecule has 2 heteroatoms. The average molecular weight is 485 g/mol. The highest BCUT2D eigenvalue weighted by Crippen LogP contribution is 2.49. The quantitative estimate of drug-likeness (QED) is 0.153. The number of benzene rings is 5. The molecule has 0 aliphatic carbocycles. The number of quaternary nitrogens is 1. The largest absolute Gasteiger partial charge is 0.382 e. The molecule has 0 aromatic heterocycles. The van der Waals surface area contributed by atoms with Crippen molar-refractivity contribution in [2.75, 3.05) is 13.1 Å². The van der Waals surface area contributed by atoms with Crippen molar-refractivity contribution in [3.63, 3.8) is 0 Å². The van der Waals surface area contributed by atoms with Gasteiger partial charge in [0.15, 0.2) is 0 Å². The van der Waals surface area contributed by atoms with Gasteiger partial charge in [-0.15, -0.1) is 6.58 Å². The second kappa shape index (κ2) is 8.83. The van der Waals surface area contributed by atoms with E-state index >= 15 is 0 Å². The Bertz CT molecular complexity index is 1580. The van der Waals surface area contributed by atoms with Gasteiger partial charge in [0, 0.05) is 24.3 Å². The van der Waals surface area contributed by atoms with Gasteiger partial charge in [0.05, 0.1) is 13.1 Å². The minimum Gasteiger partial charge on any atom is -0.382 e. The molecule has 5 aromatic rings. The summed E-state index contributed by atoms with van der Waals surface area (Å²) in [4.78, 5) is 0. The van der Waals surface area contributed by atoms with E-state index in [4.69, 9.17) is 0 Å². The smallest absolute Gasteiger partial charge is 0.131 e. The van der Waals surface area contributed by atoms with Crippen LogP contribution in [0.15, 0.2) is 110 Å². The van der Waals surface area contributed by atoms with Gasteiger partial charge in [0.25, 0.3) is 0 Å². The van der Waals surface area contributed by atoms with Crippen LogP contribution in [0.2, 0.25) is 0 Å². The van der Waals surface area contributed by atoms with E-state index in [1.807, 2.05) is 0 Å². The van der Waals surface area contributed by atoms with Crippen molar-refractivity contribution >= 4 is 32.3 Å². The summed E-state index contributed by atoms with van der Waals surface area (Å²) in [6, 6.07) is 35.0. The zero-order chi connectivity index (χ0) is 25.0. The Kier molecular flexibility index (Phi) is 5.42. The molecule has 2 nitrogen and oxygen atoms in total. The minimum absolute atomic E-state index is 0.165. The van der Waals surface area contributed by atoms with E-state index in [9.17, 15) is 5.11 Å². The molecule has 3 saturated heterocycles. The summed E-state index contributed by atoms with van der Waals surface area (Å²) in [6.07, 6.45) is 3.95. The van der Waals surface area contributed by atoms with E-state index in [0.717, 1.165) is 36.1 Å². The topological polar surface area (TPSA) is 20.2 Å². The molecule has 0 spiro atoms. The summed E-state index contributed by atoms with van der Waals surface area (Å²) in [5.41, 5.74) is 2.50. The van der Waals surface area contributed by atoms with Crippen molar-refractivity contribution in [3.8, 4) is 0 Å². The lowest BCUT2D eigenvalue weighted by atomic mass is 9.70. The first-order valence-electron chi connectivity index (χ1n) is 13.7. The molecule has 0 radical (unpaired) electrons. The van der Waals surface area contributed by atoms with Crippen molar-refractivity contribution in [2.24, 2.45) is 11.8 Å². The normalized spacial score (nSPS) is 26.0. The maximum atomic E-state index is 12.2. The summed E-state index contributed by atoms with van der Waals surface area (Å²) >= 11 is 0. The summed E-state index contributed by atoms with van der Waals surface area (Å²) in [5, 5.41) is 19.8. The highest BCUT2D eigenvalue weighted by atomic mass is 16.3. The Morgan fingerprint density at radius 2 is 1.43 bits per heavy atom. The SMILES string of the molecule is C=C[C@@H]1C[N@+]2(Cc3c4ccccc4cc4ccccc34)CC[C@H]1C[C@H]2[C@H](O)c1cccc2ccccc12. The third-order valence-corrected chi connectivity index (χ3v) is 9.54. The maximum Gasteiger partial charge on any atom is 0.131 e. The van der Waals surface area contributed by atoms with Gasteiger partial charge < -0.3 is 9.59 Å². The standard InChI is InChI=1S/C35H34NO/c1-2-24-22-36(23-33-30-15-7-4-11-27(30)20-28-12-5-8-16-31(28)33)19-18-26(24)21-34(36)35(37)32-17-9-13-25-10-3-6-14-29(25)32/h2-17,20,24,26,34-35,37H,1,18-19,21-23H2/q+1/t24-,26+,34+,35-,36+/m1/s1. The van der Waals surface area contributed by atoms with Gasteiger partial charge in [-0.25, -0.2) is 0 Å². The fourth-order valence-electron chi connectivity index (χ4n) is 7.69. The van der Waals surface area contributed by atoms with E-state index in [1.54, 1.807) is 0 Å². The van der Waals surface area contributed by atoms with Crippen molar-refractivity contribution < 1.29 is 9.59 Å². The van der Waals surface area contributed by atoms with Crippen LogP contribution in [0.5, 0.6) is 0 Å². The van der Waals surface area contributed by atoms with Gasteiger partial charge >= 0.3 is 0 Å². The van der Waals surface area contributed by atoms with Crippen LogP contribution in [0, 0.1) is 11.8 Å². The Hall–Kier alpha value is -3.46. The van der Waals surface area contributed by atoms with E-state index in [-0.39, 0.29) is 6.04 Å². The molecule has 0 amide bonds. The fraction of sp³-hybridized carbons (Fsp3) is 0.257. The van der Waals surface area contributed by atoms with Crippen LogP contribution in [0.1, 0.15) is 30.1 Å². The predicted molar refractivity (Wildman–Crippen MR) is 154 cm³/mol. The van der Waals surface area contributed by atoms with Crippen molar-refractivity contribution in [1.82, 2.24) is 0 Å². The second-order valence-corrected chi connectivity index (χ2v) is 11.3. The number of hydrogen-bond acceptors (Lipinski definition) is 1. The molecular weight excluding hydrogens is 450 g/mol. The minimum atomic E-state index is -0.499. The van der Waals surface area contributed by atoms with Crippen molar-refractivity contribution in [3.05, 3.63) is 121 Å². The number of aliphatic hydroxyl groups excluding tert-OH is 1. The van der Waals surface area contributed by atoms with Crippen LogP contribution in [-0.4, -0.2) is 28.7 Å². The van der Waals surface area contributed by atoms with Gasteiger partial charge in [-0.1, -0.05) is 97.1 Å². The van der Waals surface area contributed by atoms with E-state index in [1.165, 1.54) is 44.3 Å². The Labute approximate surface area is 219 Å². The Morgan fingerprint density at radius 1 is 0.811 bits per heavy atom. The first-order valence-corrected chi connectivity index (χ1v) is 13.7. The molecule has 184 valence electrons. The van der Waals surface area contributed by atoms with Gasteiger partial charge in [0.2, 0.25) is 0 Å². The van der Waals surface area contributed by atoms with Crippen LogP contribution >= 0.6 is 0 Å². The molecule has 3 aliphatic rings. The van der Waals surface area contributed by atoms with Gasteiger partial charge in [-0.3, -0.25) is 0 Å². The average Bonchev–Trinajstić information content (AvgIpc) is 2.96. The Balaban J connectivity index is 1.39. The third kappa shape index (κ3) is 3.62. The van der Waals surface area contributed by atoms with E-state index in [0.29, 0.717) is 11.8 Å². The first kappa shape index (κ1) is 22.7. The molecule has 37 heavy (non-hydrogen) atoms. The summed E-state index contributed by atoms with van der Waals surface area (Å²) < 4.78 is 0.926. The van der Waals surface area contributed by atoms with Gasteiger partial charge in [-0.2, -0.15) is 0 Å². The van der Waals surface area contributed by atoms with Crippen LogP contribution in [0.3, 0.4) is 0 Å². The molecule has 1 N–H and O–H groups in total. The third-order valence-electron chi connectivity index (χ3n) is 9.54. The molecule has 8 rings (SSSR count). The molecule has 3 heterocycles. The number of piperidine rings is 3. The highest BCUT2D eigenvalue weighted by Gasteiger charge is 2.54. The van der Waals surface area contributed by atoms with Crippen LogP contribution in [-0.2, 0) is 6.54 Å². The molecule has 5 atom stereocenters. The van der Waals surface area contributed by atoms with Crippen molar-refractivity contribution in [2.45, 2.75) is 31.5 Å². The molecule has 0 saturated carbocycles. The summed E-state index contributed by atoms with van der Waals surface area (Å²) in [6.45, 7) is 7.34. The van der Waals surface area contributed by atoms with Gasteiger partial charge in [-0.05, 0) is 49.9 Å². The number of hydrogen-bond donors (Lipinski definition) is 1.